The molecule has 0 amide bonds. The highest BCUT2D eigenvalue weighted by Gasteiger charge is 2.32. The number of hydrogen-bond donors (Lipinski definition) is 1. The molecule has 21 heavy (non-hydrogen) atoms. The quantitative estimate of drug-likeness (QED) is 0.918. The maximum atomic E-state index is 12.3. The lowest BCUT2D eigenvalue weighted by Gasteiger charge is -2.14. The molecule has 0 unspecified atom stereocenters. The lowest BCUT2D eigenvalue weighted by atomic mass is 10.2. The summed E-state index contributed by atoms with van der Waals surface area (Å²) in [6.45, 7) is 2.35. The third-order valence-corrected chi connectivity index (χ3v) is 2.96. The number of halogens is 3. The zero-order valence-electron chi connectivity index (χ0n) is 11.7. The van der Waals surface area contributed by atoms with Gasteiger partial charge in [0.2, 0.25) is 0 Å². The molecule has 0 aliphatic carbocycles. The second-order valence-electron chi connectivity index (χ2n) is 4.50. The number of aromatic nitrogens is 2. The Hall–Kier alpha value is -2.18. The van der Waals surface area contributed by atoms with E-state index in [1.807, 2.05) is 13.0 Å². The number of rotatable bonds is 5. The van der Waals surface area contributed by atoms with Crippen LogP contribution in [0.3, 0.4) is 0 Å². The van der Waals surface area contributed by atoms with Crippen LogP contribution in [-0.2, 0) is 20.0 Å². The third kappa shape index (κ3) is 4.14. The van der Waals surface area contributed by atoms with Gasteiger partial charge in [0, 0.05) is 7.05 Å². The van der Waals surface area contributed by atoms with Crippen molar-refractivity contribution in [2.24, 2.45) is 7.05 Å². The van der Waals surface area contributed by atoms with Gasteiger partial charge in [-0.3, -0.25) is 4.68 Å². The smallest absolute Gasteiger partial charge is 0.404 e. The lowest BCUT2D eigenvalue weighted by Crippen LogP contribution is -2.18. The molecule has 0 bridgehead atoms. The molecule has 0 aliphatic heterocycles. The van der Waals surface area contributed by atoms with Gasteiger partial charge in [-0.1, -0.05) is 19.1 Å². The van der Waals surface area contributed by atoms with Gasteiger partial charge in [0.05, 0.1) is 23.6 Å². The molecule has 1 aromatic carbocycles. The van der Waals surface area contributed by atoms with Gasteiger partial charge in [0.25, 0.3) is 0 Å². The van der Waals surface area contributed by atoms with Gasteiger partial charge in [0.1, 0.15) is 0 Å². The molecule has 1 heterocycles. The van der Waals surface area contributed by atoms with Crippen molar-refractivity contribution in [3.8, 4) is 5.75 Å². The van der Waals surface area contributed by atoms with E-state index in [0.29, 0.717) is 6.54 Å². The normalized spacial score (nSPS) is 11.5. The molecule has 0 radical (unpaired) electrons. The van der Waals surface area contributed by atoms with E-state index in [0.717, 1.165) is 17.8 Å². The van der Waals surface area contributed by atoms with E-state index >= 15 is 0 Å². The molecule has 0 saturated heterocycles. The van der Waals surface area contributed by atoms with Crippen LogP contribution in [0.25, 0.3) is 0 Å². The minimum atomic E-state index is -4.71. The Morgan fingerprint density at radius 2 is 2.00 bits per heavy atom. The Morgan fingerprint density at radius 1 is 1.29 bits per heavy atom. The average molecular weight is 299 g/mol. The molecule has 0 spiro atoms. The van der Waals surface area contributed by atoms with Crippen molar-refractivity contribution in [3.05, 3.63) is 41.7 Å². The summed E-state index contributed by atoms with van der Waals surface area (Å²) in [5.74, 6) is -0.247. The van der Waals surface area contributed by atoms with E-state index in [4.69, 9.17) is 0 Å². The summed E-state index contributed by atoms with van der Waals surface area (Å²) in [5, 5.41) is 7.23. The first-order valence-electron chi connectivity index (χ1n) is 6.49. The summed E-state index contributed by atoms with van der Waals surface area (Å²) in [4.78, 5) is 0. The molecule has 0 fully saturated rings. The first kappa shape index (κ1) is 15.2. The van der Waals surface area contributed by atoms with E-state index in [1.165, 1.54) is 18.2 Å². The third-order valence-electron chi connectivity index (χ3n) is 2.96. The highest BCUT2D eigenvalue weighted by atomic mass is 19.4. The second kappa shape index (κ2) is 6.07. The van der Waals surface area contributed by atoms with Crippen LogP contribution in [0, 0.1) is 0 Å². The Bertz CT molecular complexity index is 608. The van der Waals surface area contributed by atoms with Crippen molar-refractivity contribution < 1.29 is 17.9 Å². The maximum absolute atomic E-state index is 12.3. The average Bonchev–Trinajstić information content (AvgIpc) is 2.77. The van der Waals surface area contributed by atoms with Gasteiger partial charge in [-0.25, -0.2) is 0 Å². The van der Waals surface area contributed by atoms with Crippen LogP contribution >= 0.6 is 0 Å². The standard InChI is InChI=1S/C14H16F3N3O/c1-3-10-8-11(20(2)19-10)9-18-12-6-4-5-7-13(12)21-14(15,16)17/h4-8,18H,3,9H2,1-2H3. The molecule has 2 rings (SSSR count). The second-order valence-corrected chi connectivity index (χ2v) is 4.50. The fraction of sp³-hybridized carbons (Fsp3) is 0.357. The van der Waals surface area contributed by atoms with Gasteiger partial charge in [-0.15, -0.1) is 13.2 Å². The van der Waals surface area contributed by atoms with Crippen molar-refractivity contribution in [2.45, 2.75) is 26.3 Å². The Balaban J connectivity index is 2.11. The van der Waals surface area contributed by atoms with Gasteiger partial charge in [-0.05, 0) is 24.6 Å². The Kier molecular flexibility index (Phi) is 4.40. The number of anilines is 1. The van der Waals surface area contributed by atoms with Crippen LogP contribution in [0.1, 0.15) is 18.3 Å². The monoisotopic (exact) mass is 299 g/mol. The van der Waals surface area contributed by atoms with E-state index in [-0.39, 0.29) is 11.4 Å². The van der Waals surface area contributed by atoms with Crippen LogP contribution in [0.15, 0.2) is 30.3 Å². The predicted molar refractivity (Wildman–Crippen MR) is 73.0 cm³/mol. The lowest BCUT2D eigenvalue weighted by molar-refractivity contribution is -0.274. The Morgan fingerprint density at radius 3 is 2.62 bits per heavy atom. The van der Waals surface area contributed by atoms with E-state index in [1.54, 1.807) is 17.8 Å². The molecule has 0 atom stereocenters. The summed E-state index contributed by atoms with van der Waals surface area (Å²) in [7, 11) is 1.80. The summed E-state index contributed by atoms with van der Waals surface area (Å²) in [5.41, 5.74) is 2.11. The first-order valence-corrected chi connectivity index (χ1v) is 6.49. The molecule has 2 aromatic rings. The zero-order chi connectivity index (χ0) is 15.5. The highest BCUT2D eigenvalue weighted by Crippen LogP contribution is 2.30. The summed E-state index contributed by atoms with van der Waals surface area (Å²) >= 11 is 0. The van der Waals surface area contributed by atoms with Crippen LogP contribution in [0.4, 0.5) is 18.9 Å². The number of para-hydroxylation sites is 2. The number of ether oxygens (including phenoxy) is 1. The number of nitrogens with one attached hydrogen (secondary N) is 1. The van der Waals surface area contributed by atoms with Crippen molar-refractivity contribution >= 4 is 5.69 Å². The predicted octanol–water partition coefficient (Wildman–Crippen LogP) is 3.49. The fourth-order valence-electron chi connectivity index (χ4n) is 1.92. The first-order chi connectivity index (χ1) is 9.89. The van der Waals surface area contributed by atoms with Crippen molar-refractivity contribution in [3.63, 3.8) is 0 Å². The Labute approximate surface area is 120 Å². The molecule has 0 saturated carbocycles. The van der Waals surface area contributed by atoms with Gasteiger partial charge in [-0.2, -0.15) is 5.10 Å². The highest BCUT2D eigenvalue weighted by molar-refractivity contribution is 5.56. The SMILES string of the molecule is CCc1cc(CNc2ccccc2OC(F)(F)F)n(C)n1. The summed E-state index contributed by atoms with van der Waals surface area (Å²) < 4.78 is 42.7. The number of alkyl halides is 3. The summed E-state index contributed by atoms with van der Waals surface area (Å²) in [6, 6.07) is 7.87. The molecular formula is C14H16F3N3O. The molecule has 7 heteroatoms. The molecule has 114 valence electrons. The minimum Gasteiger partial charge on any atom is -0.404 e. The molecular weight excluding hydrogens is 283 g/mol. The topological polar surface area (TPSA) is 39.1 Å². The van der Waals surface area contributed by atoms with Crippen LogP contribution in [0.5, 0.6) is 5.75 Å². The minimum absolute atomic E-state index is 0.247. The van der Waals surface area contributed by atoms with Gasteiger partial charge < -0.3 is 10.1 Å². The number of nitrogens with zero attached hydrogens (tertiary/aromatic N) is 2. The largest absolute Gasteiger partial charge is 0.573 e. The van der Waals surface area contributed by atoms with Gasteiger partial charge in [0.15, 0.2) is 5.75 Å². The van der Waals surface area contributed by atoms with Crippen LogP contribution in [-0.4, -0.2) is 16.1 Å². The fourth-order valence-corrected chi connectivity index (χ4v) is 1.92. The molecule has 4 nitrogen and oxygen atoms in total. The van der Waals surface area contributed by atoms with Gasteiger partial charge >= 0.3 is 6.36 Å². The summed E-state index contributed by atoms with van der Waals surface area (Å²) in [6.07, 6.45) is -3.90. The molecule has 1 aromatic heterocycles. The number of aryl methyl sites for hydroxylation is 2. The van der Waals surface area contributed by atoms with Crippen LogP contribution in [0.2, 0.25) is 0 Å². The molecule has 0 aliphatic rings. The molecule has 1 N–H and O–H groups in total. The van der Waals surface area contributed by atoms with Crippen molar-refractivity contribution in [2.75, 3.05) is 5.32 Å². The van der Waals surface area contributed by atoms with Crippen LogP contribution < -0.4 is 10.1 Å². The van der Waals surface area contributed by atoms with Crippen molar-refractivity contribution in [1.29, 1.82) is 0 Å². The van der Waals surface area contributed by atoms with E-state index in [2.05, 4.69) is 15.2 Å². The number of benzene rings is 1. The van der Waals surface area contributed by atoms with E-state index < -0.39 is 6.36 Å². The van der Waals surface area contributed by atoms with Crippen molar-refractivity contribution in [1.82, 2.24) is 9.78 Å². The number of hydrogen-bond acceptors (Lipinski definition) is 3. The van der Waals surface area contributed by atoms with E-state index in [9.17, 15) is 13.2 Å². The zero-order valence-corrected chi connectivity index (χ0v) is 11.7. The maximum Gasteiger partial charge on any atom is 0.573 e.